The van der Waals surface area contributed by atoms with Crippen LogP contribution in [0.25, 0.3) is 0 Å². The monoisotopic (exact) mass is 268 g/mol. The van der Waals surface area contributed by atoms with Crippen molar-refractivity contribution in [3.63, 3.8) is 0 Å². The molecule has 0 saturated heterocycles. The fourth-order valence-corrected chi connectivity index (χ4v) is 3.44. The molecule has 0 bridgehead atoms. The molecule has 0 aliphatic heterocycles. The van der Waals surface area contributed by atoms with Crippen LogP contribution in [-0.2, 0) is 4.74 Å². The van der Waals surface area contributed by atoms with Gasteiger partial charge in [0.15, 0.2) is 5.13 Å². The van der Waals surface area contributed by atoms with Gasteiger partial charge in [-0.3, -0.25) is 0 Å². The molecule has 0 amide bonds. The molecule has 0 spiro atoms. The Balaban J connectivity index is 2.05. The number of carbonyl (C=O) groups is 1. The van der Waals surface area contributed by atoms with Gasteiger partial charge in [0.2, 0.25) is 0 Å². The molecule has 1 atom stereocenters. The molecule has 2 rings (SSSR count). The fourth-order valence-electron chi connectivity index (χ4n) is 2.47. The number of nitrogens with one attached hydrogen (secondary N) is 1. The molecular formula is C13H20N2O2S. The number of anilines is 1. The first-order valence-electron chi connectivity index (χ1n) is 6.23. The van der Waals surface area contributed by atoms with Gasteiger partial charge < -0.3 is 10.1 Å². The van der Waals surface area contributed by atoms with Crippen molar-refractivity contribution in [2.24, 2.45) is 5.41 Å². The summed E-state index contributed by atoms with van der Waals surface area (Å²) in [6.07, 6.45) is 3.55. The molecule has 5 heteroatoms. The number of hydrogen-bond donors (Lipinski definition) is 1. The van der Waals surface area contributed by atoms with Crippen molar-refractivity contribution in [2.45, 2.75) is 46.1 Å². The summed E-state index contributed by atoms with van der Waals surface area (Å²) in [6, 6.07) is 0.469. The number of rotatable bonds is 3. The smallest absolute Gasteiger partial charge is 0.350 e. The van der Waals surface area contributed by atoms with Crippen LogP contribution in [0.2, 0.25) is 0 Å². The van der Waals surface area contributed by atoms with Crippen LogP contribution in [0.4, 0.5) is 5.13 Å². The lowest BCUT2D eigenvalue weighted by Crippen LogP contribution is -2.17. The van der Waals surface area contributed by atoms with E-state index in [1.807, 2.05) is 6.92 Å². The molecule has 1 aliphatic rings. The minimum Gasteiger partial charge on any atom is -0.465 e. The molecule has 100 valence electrons. The van der Waals surface area contributed by atoms with E-state index < -0.39 is 0 Å². The van der Waals surface area contributed by atoms with Gasteiger partial charge in [0, 0.05) is 6.04 Å². The normalized spacial score (nSPS) is 21.9. The number of aromatic nitrogens is 1. The largest absolute Gasteiger partial charge is 0.465 e. The Labute approximate surface area is 112 Å². The van der Waals surface area contributed by atoms with Gasteiger partial charge in [0.05, 0.1) is 12.8 Å². The SMILES string of the molecule is COC(=O)c1sc(NC2CCC(C)(C)C2)nc1C. The van der Waals surface area contributed by atoms with Crippen molar-refractivity contribution in [1.82, 2.24) is 4.98 Å². The van der Waals surface area contributed by atoms with E-state index in [-0.39, 0.29) is 5.97 Å². The Morgan fingerprint density at radius 3 is 2.83 bits per heavy atom. The molecule has 4 nitrogen and oxygen atoms in total. The number of ether oxygens (including phenoxy) is 1. The first-order chi connectivity index (χ1) is 8.41. The molecule has 1 N–H and O–H groups in total. The maximum absolute atomic E-state index is 11.5. The predicted octanol–water partition coefficient (Wildman–Crippen LogP) is 3.23. The molecule has 18 heavy (non-hydrogen) atoms. The van der Waals surface area contributed by atoms with Gasteiger partial charge in [-0.1, -0.05) is 25.2 Å². The quantitative estimate of drug-likeness (QED) is 0.855. The third-order valence-electron chi connectivity index (χ3n) is 3.46. The Kier molecular flexibility index (Phi) is 3.61. The van der Waals surface area contributed by atoms with Crippen molar-refractivity contribution in [3.8, 4) is 0 Å². The molecule has 0 radical (unpaired) electrons. The van der Waals surface area contributed by atoms with E-state index in [1.165, 1.54) is 31.3 Å². The molecule has 1 aromatic heterocycles. The lowest BCUT2D eigenvalue weighted by Gasteiger charge is -2.17. The van der Waals surface area contributed by atoms with Crippen LogP contribution in [0, 0.1) is 12.3 Å². The summed E-state index contributed by atoms with van der Waals surface area (Å²) in [5.41, 5.74) is 1.15. The number of hydrogen-bond acceptors (Lipinski definition) is 5. The van der Waals surface area contributed by atoms with Crippen LogP contribution < -0.4 is 5.32 Å². The lowest BCUT2D eigenvalue weighted by molar-refractivity contribution is 0.0605. The third-order valence-corrected chi connectivity index (χ3v) is 4.53. The maximum atomic E-state index is 11.5. The van der Waals surface area contributed by atoms with Crippen molar-refractivity contribution < 1.29 is 9.53 Å². The number of aryl methyl sites for hydroxylation is 1. The van der Waals surface area contributed by atoms with Crippen molar-refractivity contribution in [2.75, 3.05) is 12.4 Å². The predicted molar refractivity (Wildman–Crippen MR) is 73.2 cm³/mol. The summed E-state index contributed by atoms with van der Waals surface area (Å²) in [5.74, 6) is -0.301. The topological polar surface area (TPSA) is 51.2 Å². The highest BCUT2D eigenvalue weighted by molar-refractivity contribution is 7.17. The number of esters is 1. The minimum atomic E-state index is -0.301. The average Bonchev–Trinajstić information content (AvgIpc) is 2.81. The van der Waals surface area contributed by atoms with Crippen molar-refractivity contribution in [1.29, 1.82) is 0 Å². The molecular weight excluding hydrogens is 248 g/mol. The number of nitrogens with zero attached hydrogens (tertiary/aromatic N) is 1. The number of methoxy groups -OCH3 is 1. The van der Waals surface area contributed by atoms with Crippen molar-refractivity contribution in [3.05, 3.63) is 10.6 Å². The molecule has 1 saturated carbocycles. The van der Waals surface area contributed by atoms with Crippen LogP contribution in [0.5, 0.6) is 0 Å². The zero-order valence-corrected chi connectivity index (χ0v) is 12.2. The lowest BCUT2D eigenvalue weighted by atomic mass is 9.92. The highest BCUT2D eigenvalue weighted by Gasteiger charge is 2.31. The van der Waals surface area contributed by atoms with E-state index in [0.717, 1.165) is 17.2 Å². The molecule has 1 unspecified atom stereocenters. The molecule has 1 fully saturated rings. The van der Waals surface area contributed by atoms with Crippen LogP contribution in [0.3, 0.4) is 0 Å². The molecule has 1 heterocycles. The van der Waals surface area contributed by atoms with Gasteiger partial charge in [-0.25, -0.2) is 9.78 Å². The van der Waals surface area contributed by atoms with Gasteiger partial charge in [-0.15, -0.1) is 0 Å². The summed E-state index contributed by atoms with van der Waals surface area (Å²) >= 11 is 1.38. The Hall–Kier alpha value is -1.10. The highest BCUT2D eigenvalue weighted by Crippen LogP contribution is 2.38. The van der Waals surface area contributed by atoms with Crippen LogP contribution in [0.15, 0.2) is 0 Å². The van der Waals surface area contributed by atoms with Gasteiger partial charge in [-0.2, -0.15) is 0 Å². The van der Waals surface area contributed by atoms with E-state index in [1.54, 1.807) is 0 Å². The number of carbonyl (C=O) groups excluding carboxylic acids is 1. The summed E-state index contributed by atoms with van der Waals surface area (Å²) in [5, 5.41) is 4.27. The van der Waals surface area contributed by atoms with E-state index in [9.17, 15) is 4.79 Å². The van der Waals surface area contributed by atoms with Crippen LogP contribution in [-0.4, -0.2) is 24.1 Å². The second kappa shape index (κ2) is 4.88. The first kappa shape index (κ1) is 13.3. The minimum absolute atomic E-state index is 0.301. The van der Waals surface area contributed by atoms with E-state index >= 15 is 0 Å². The van der Waals surface area contributed by atoms with Crippen LogP contribution in [0.1, 0.15) is 48.5 Å². The van der Waals surface area contributed by atoms with E-state index in [4.69, 9.17) is 4.74 Å². The first-order valence-corrected chi connectivity index (χ1v) is 7.05. The Morgan fingerprint density at radius 1 is 1.56 bits per heavy atom. The van der Waals surface area contributed by atoms with Gasteiger partial charge >= 0.3 is 5.97 Å². The highest BCUT2D eigenvalue weighted by atomic mass is 32.1. The van der Waals surface area contributed by atoms with Crippen LogP contribution >= 0.6 is 11.3 Å². The van der Waals surface area contributed by atoms with E-state index in [0.29, 0.717) is 16.3 Å². The second-order valence-corrected chi connectivity index (χ2v) is 6.67. The summed E-state index contributed by atoms with van der Waals surface area (Å²) in [4.78, 5) is 16.5. The Bertz CT molecular complexity index is 454. The van der Waals surface area contributed by atoms with Crippen molar-refractivity contribution >= 4 is 22.4 Å². The van der Waals surface area contributed by atoms with E-state index in [2.05, 4.69) is 24.1 Å². The summed E-state index contributed by atoms with van der Waals surface area (Å²) < 4.78 is 4.74. The standard InChI is InChI=1S/C13H20N2O2S/c1-8-10(11(16)17-4)18-12(14-8)15-9-5-6-13(2,3)7-9/h9H,5-7H2,1-4H3,(H,14,15). The third kappa shape index (κ3) is 2.83. The van der Waals surface area contributed by atoms with Gasteiger partial charge in [0.25, 0.3) is 0 Å². The average molecular weight is 268 g/mol. The maximum Gasteiger partial charge on any atom is 0.350 e. The number of thiazole rings is 1. The molecule has 1 aliphatic carbocycles. The zero-order chi connectivity index (χ0) is 13.3. The second-order valence-electron chi connectivity index (χ2n) is 5.67. The Morgan fingerprint density at radius 2 is 2.28 bits per heavy atom. The fraction of sp³-hybridized carbons (Fsp3) is 0.692. The zero-order valence-electron chi connectivity index (χ0n) is 11.4. The van der Waals surface area contributed by atoms with Gasteiger partial charge in [-0.05, 0) is 31.6 Å². The molecule has 0 aromatic carbocycles. The molecule has 1 aromatic rings. The van der Waals surface area contributed by atoms with Gasteiger partial charge in [0.1, 0.15) is 4.88 Å². The summed E-state index contributed by atoms with van der Waals surface area (Å²) in [6.45, 7) is 6.43. The summed E-state index contributed by atoms with van der Waals surface area (Å²) in [7, 11) is 1.40.